The minimum absolute atomic E-state index is 0.143. The minimum atomic E-state index is -1.03. The average molecular weight is 931 g/mol. The third-order valence-corrected chi connectivity index (χ3v) is 15.9. The molecule has 0 saturated carbocycles. The zero-order valence-electron chi connectivity index (χ0n) is 38.5. The van der Waals surface area contributed by atoms with Gasteiger partial charge in [-0.15, -0.1) is 0 Å². The highest BCUT2D eigenvalue weighted by molar-refractivity contribution is 6.41. The lowest BCUT2D eigenvalue weighted by atomic mass is 9.81. The summed E-state index contributed by atoms with van der Waals surface area (Å²) in [7, 11) is 0. The zero-order valence-corrected chi connectivity index (χ0v) is 38.5. The van der Waals surface area contributed by atoms with Crippen LogP contribution in [0.1, 0.15) is 68.9 Å². The van der Waals surface area contributed by atoms with Crippen LogP contribution in [0, 0.1) is 0 Å². The first-order valence-electron chi connectivity index (χ1n) is 24.3. The van der Waals surface area contributed by atoms with E-state index in [4.69, 9.17) is 0 Å². The number of benzene rings is 15. The van der Waals surface area contributed by atoms with E-state index in [1.54, 1.807) is 48.5 Å². The standard InChI is InChI=1S/C66H42O6/c67-45-22-18-35(19-23-45)63(69)43-26-37-14-10-33-12-16-39-29-53(49-8-2-6-47-51(31-43)55(37)57(33)59(39)61(47)49)65(71)41-4-1-5-42(28-41)66(72)54-30-40-17-13-34-11-15-38-27-44(64(70)36-20-24-46(68)25-21-36)32-52-48-7-3-9-50(54)62(48)60(40)58(34)56(38)52/h1-32,63-72H. The molecule has 0 aliphatic rings. The van der Waals surface area contributed by atoms with Crippen molar-refractivity contribution in [2.75, 3.05) is 0 Å². The van der Waals surface area contributed by atoms with Gasteiger partial charge in [-0.3, -0.25) is 0 Å². The fourth-order valence-corrected chi connectivity index (χ4v) is 12.6. The molecule has 0 aromatic heterocycles. The van der Waals surface area contributed by atoms with E-state index in [0.717, 1.165) is 130 Å². The molecule has 0 spiro atoms. The van der Waals surface area contributed by atoms with E-state index in [9.17, 15) is 30.6 Å². The molecule has 15 rings (SSSR count). The summed E-state index contributed by atoms with van der Waals surface area (Å²) in [6, 6.07) is 63.3. The Hall–Kier alpha value is -8.62. The average Bonchev–Trinajstić information content (AvgIpc) is 3.42. The quantitative estimate of drug-likeness (QED) is 0.0667. The lowest BCUT2D eigenvalue weighted by molar-refractivity contribution is 0.215. The summed E-state index contributed by atoms with van der Waals surface area (Å²) in [5.41, 5.74) is 5.71. The molecule has 0 heterocycles. The molecule has 0 aliphatic heterocycles. The highest BCUT2D eigenvalue weighted by Gasteiger charge is 2.27. The van der Waals surface area contributed by atoms with Crippen LogP contribution in [0.3, 0.4) is 0 Å². The van der Waals surface area contributed by atoms with Gasteiger partial charge in [0.25, 0.3) is 0 Å². The maximum atomic E-state index is 12.7. The predicted octanol–water partition coefficient (Wildman–Crippen LogP) is 14.7. The molecule has 15 aromatic rings. The van der Waals surface area contributed by atoms with Gasteiger partial charge in [0, 0.05) is 0 Å². The molecule has 0 saturated heterocycles. The van der Waals surface area contributed by atoms with Gasteiger partial charge in [-0.1, -0.05) is 127 Å². The Kier molecular flexibility index (Phi) is 8.55. The predicted molar refractivity (Wildman–Crippen MR) is 292 cm³/mol. The van der Waals surface area contributed by atoms with Crippen LogP contribution < -0.4 is 0 Å². The normalized spacial score (nSPS) is 14.3. The van der Waals surface area contributed by atoms with E-state index >= 15 is 0 Å². The van der Waals surface area contributed by atoms with Crippen LogP contribution in [-0.4, -0.2) is 30.6 Å². The number of hydrogen-bond donors (Lipinski definition) is 6. The summed E-state index contributed by atoms with van der Waals surface area (Å²) in [4.78, 5) is 0. The SMILES string of the molecule is Oc1ccc(C(O)c2cc3ccc4ccc5cc(C(O)c6cccc(C(O)c7cc8ccc9ccc%10cc(C(O)c%11ccc(O)cc%11)cc%11c%12cccc7c%12c8c9c%10%11)c6)c6cccc7c(c2)c3c4c5c67)cc1. The molecular formula is C66H42O6. The van der Waals surface area contributed by atoms with Gasteiger partial charge >= 0.3 is 0 Å². The van der Waals surface area contributed by atoms with Gasteiger partial charge in [-0.2, -0.15) is 0 Å². The number of phenolic OH excluding ortho intramolecular Hbond substituents is 2. The van der Waals surface area contributed by atoms with Crippen LogP contribution >= 0.6 is 0 Å². The van der Waals surface area contributed by atoms with Crippen molar-refractivity contribution in [2.24, 2.45) is 0 Å². The van der Waals surface area contributed by atoms with Gasteiger partial charge in [0.15, 0.2) is 0 Å². The van der Waals surface area contributed by atoms with Crippen LogP contribution in [-0.2, 0) is 0 Å². The third-order valence-electron chi connectivity index (χ3n) is 15.9. The van der Waals surface area contributed by atoms with E-state index < -0.39 is 24.4 Å². The van der Waals surface area contributed by atoms with Crippen molar-refractivity contribution in [1.82, 2.24) is 0 Å². The van der Waals surface area contributed by atoms with Crippen molar-refractivity contribution < 1.29 is 30.6 Å². The molecule has 72 heavy (non-hydrogen) atoms. The number of phenols is 2. The Labute approximate surface area is 411 Å². The summed E-state index contributed by atoms with van der Waals surface area (Å²) in [6.45, 7) is 0. The molecule has 6 nitrogen and oxygen atoms in total. The molecule has 6 heteroatoms. The highest BCUT2D eigenvalue weighted by atomic mass is 16.3. The molecule has 0 radical (unpaired) electrons. The largest absolute Gasteiger partial charge is 0.508 e. The topological polar surface area (TPSA) is 121 Å². The van der Waals surface area contributed by atoms with Crippen LogP contribution in [0.15, 0.2) is 194 Å². The number of aliphatic hydroxyl groups is 4. The van der Waals surface area contributed by atoms with Crippen molar-refractivity contribution in [3.63, 3.8) is 0 Å². The Balaban J connectivity index is 0.870. The summed E-state index contributed by atoms with van der Waals surface area (Å²) >= 11 is 0. The van der Waals surface area contributed by atoms with Crippen molar-refractivity contribution in [2.45, 2.75) is 24.4 Å². The van der Waals surface area contributed by atoms with Crippen LogP contribution in [0.5, 0.6) is 11.5 Å². The van der Waals surface area contributed by atoms with Gasteiger partial charge in [0.2, 0.25) is 0 Å². The van der Waals surface area contributed by atoms with E-state index in [2.05, 4.69) is 109 Å². The van der Waals surface area contributed by atoms with Gasteiger partial charge in [-0.25, -0.2) is 0 Å². The summed E-state index contributed by atoms with van der Waals surface area (Å²) < 4.78 is 0. The molecule has 0 bridgehead atoms. The van der Waals surface area contributed by atoms with Gasteiger partial charge in [0.05, 0.1) is 0 Å². The number of rotatable bonds is 8. The Morgan fingerprint density at radius 3 is 0.986 bits per heavy atom. The maximum Gasteiger partial charge on any atom is 0.115 e. The molecule has 6 N–H and O–H groups in total. The third kappa shape index (κ3) is 5.74. The maximum absolute atomic E-state index is 12.7. The van der Waals surface area contributed by atoms with Crippen LogP contribution in [0.2, 0.25) is 0 Å². The molecule has 4 atom stereocenters. The Bertz CT molecular complexity index is 4360. The summed E-state index contributed by atoms with van der Waals surface area (Å²) in [5, 5.41) is 90.0. The molecule has 15 aromatic carbocycles. The first-order chi connectivity index (χ1) is 35.2. The zero-order chi connectivity index (χ0) is 48.3. The number of hydrogen-bond acceptors (Lipinski definition) is 6. The van der Waals surface area contributed by atoms with Gasteiger partial charge < -0.3 is 30.6 Å². The highest BCUT2D eigenvalue weighted by Crippen LogP contribution is 2.50. The van der Waals surface area contributed by atoms with Gasteiger partial charge in [-0.05, 0) is 219 Å². The second-order valence-electron chi connectivity index (χ2n) is 19.8. The van der Waals surface area contributed by atoms with Crippen LogP contribution in [0.4, 0.5) is 0 Å². The van der Waals surface area contributed by atoms with Crippen molar-refractivity contribution in [3.8, 4) is 11.5 Å². The second-order valence-corrected chi connectivity index (χ2v) is 19.8. The van der Waals surface area contributed by atoms with Crippen LogP contribution in [0.25, 0.3) is 108 Å². The van der Waals surface area contributed by atoms with Crippen molar-refractivity contribution in [1.29, 1.82) is 0 Å². The Morgan fingerprint density at radius 2 is 0.569 bits per heavy atom. The monoisotopic (exact) mass is 930 g/mol. The van der Waals surface area contributed by atoms with Crippen molar-refractivity contribution in [3.05, 3.63) is 239 Å². The number of aliphatic hydroxyl groups excluding tert-OH is 4. The summed E-state index contributed by atoms with van der Waals surface area (Å²) in [5.74, 6) is 0.285. The first-order valence-corrected chi connectivity index (χ1v) is 24.3. The minimum Gasteiger partial charge on any atom is -0.508 e. The first kappa shape index (κ1) is 41.2. The van der Waals surface area contributed by atoms with E-state index in [1.165, 1.54) is 0 Å². The molecule has 0 aliphatic carbocycles. The lowest BCUT2D eigenvalue weighted by Gasteiger charge is -2.24. The van der Waals surface area contributed by atoms with Crippen molar-refractivity contribution >= 4 is 108 Å². The molecule has 342 valence electrons. The van der Waals surface area contributed by atoms with Gasteiger partial charge in [0.1, 0.15) is 35.9 Å². The second kappa shape index (κ2) is 15.0. The number of aromatic hydroxyl groups is 2. The lowest BCUT2D eigenvalue weighted by Crippen LogP contribution is -2.06. The fourth-order valence-electron chi connectivity index (χ4n) is 12.6. The van der Waals surface area contributed by atoms with E-state index in [0.29, 0.717) is 22.3 Å². The molecule has 0 fully saturated rings. The molecule has 0 amide bonds. The van der Waals surface area contributed by atoms with E-state index in [-0.39, 0.29) is 11.5 Å². The number of fused-ring (bicyclic) bond motifs is 2. The van der Waals surface area contributed by atoms with E-state index in [1.807, 2.05) is 36.4 Å². The smallest absolute Gasteiger partial charge is 0.115 e. The summed E-state index contributed by atoms with van der Waals surface area (Å²) in [6.07, 6.45) is -3.88. The fraction of sp³-hybridized carbons (Fsp3) is 0.0606. The Morgan fingerprint density at radius 1 is 0.222 bits per heavy atom. The molecule has 4 unspecified atom stereocenters. The molecular weight excluding hydrogens is 889 g/mol.